The Hall–Kier alpha value is -1.81. The number of rotatable bonds is 5. The number of aliphatic hydroxyl groups is 1. The van der Waals surface area contributed by atoms with Gasteiger partial charge in [-0.3, -0.25) is 0 Å². The Balaban J connectivity index is 2.13. The fourth-order valence-electron chi connectivity index (χ4n) is 1.75. The maximum absolute atomic E-state index is 9.10. The van der Waals surface area contributed by atoms with E-state index in [1.807, 2.05) is 43.3 Å². The van der Waals surface area contributed by atoms with Gasteiger partial charge < -0.3 is 14.5 Å². The molecule has 4 heteroatoms. The summed E-state index contributed by atoms with van der Waals surface area (Å²) in [6, 6.07) is 11.9. The molecule has 0 bridgehead atoms. The molecule has 1 N–H and O–H groups in total. The van der Waals surface area contributed by atoms with Gasteiger partial charge in [0.1, 0.15) is 11.5 Å². The van der Waals surface area contributed by atoms with Crippen LogP contribution in [0.2, 0.25) is 0 Å². The highest BCUT2D eigenvalue weighted by Gasteiger charge is 2.09. The normalized spacial score (nSPS) is 10.5. The lowest BCUT2D eigenvalue weighted by Gasteiger charge is -2.22. The van der Waals surface area contributed by atoms with E-state index in [1.54, 1.807) is 0 Å². The van der Waals surface area contributed by atoms with Gasteiger partial charge in [-0.25, -0.2) is 0 Å². The van der Waals surface area contributed by atoms with Crippen molar-refractivity contribution >= 4 is 5.69 Å². The molecule has 0 saturated heterocycles. The van der Waals surface area contributed by atoms with Gasteiger partial charge in [-0.05, 0) is 19.1 Å². The lowest BCUT2D eigenvalue weighted by atomic mass is 10.2. The zero-order valence-electron chi connectivity index (χ0n) is 9.84. The zero-order chi connectivity index (χ0) is 12.1. The summed E-state index contributed by atoms with van der Waals surface area (Å²) >= 11 is 0. The van der Waals surface area contributed by atoms with Crippen LogP contribution in [0.25, 0.3) is 0 Å². The van der Waals surface area contributed by atoms with E-state index in [4.69, 9.17) is 9.63 Å². The van der Waals surface area contributed by atoms with Gasteiger partial charge in [0.15, 0.2) is 0 Å². The van der Waals surface area contributed by atoms with Gasteiger partial charge >= 0.3 is 0 Å². The van der Waals surface area contributed by atoms with E-state index in [0.29, 0.717) is 13.1 Å². The van der Waals surface area contributed by atoms with Crippen LogP contribution in [0.3, 0.4) is 0 Å². The second-order valence-electron chi connectivity index (χ2n) is 3.91. The molecule has 0 saturated carbocycles. The highest BCUT2D eigenvalue weighted by molar-refractivity contribution is 5.46. The summed E-state index contributed by atoms with van der Waals surface area (Å²) in [5, 5.41) is 13.1. The number of para-hydroxylation sites is 1. The van der Waals surface area contributed by atoms with Crippen molar-refractivity contribution in [3.63, 3.8) is 0 Å². The summed E-state index contributed by atoms with van der Waals surface area (Å²) in [5.41, 5.74) is 1.95. The maximum atomic E-state index is 9.10. The molecule has 0 amide bonds. The van der Waals surface area contributed by atoms with Crippen LogP contribution in [0, 0.1) is 6.92 Å². The van der Waals surface area contributed by atoms with E-state index >= 15 is 0 Å². The highest BCUT2D eigenvalue weighted by atomic mass is 16.5. The summed E-state index contributed by atoms with van der Waals surface area (Å²) in [4.78, 5) is 2.07. The number of nitrogens with zero attached hydrogens (tertiary/aromatic N) is 2. The number of aryl methyl sites for hydroxylation is 1. The first-order valence-electron chi connectivity index (χ1n) is 5.62. The summed E-state index contributed by atoms with van der Waals surface area (Å²) in [7, 11) is 0. The summed E-state index contributed by atoms with van der Waals surface area (Å²) < 4.78 is 5.04. The van der Waals surface area contributed by atoms with Crippen molar-refractivity contribution in [2.24, 2.45) is 0 Å². The summed E-state index contributed by atoms with van der Waals surface area (Å²) in [5.74, 6) is 0.803. The van der Waals surface area contributed by atoms with Crippen LogP contribution < -0.4 is 4.90 Å². The number of benzene rings is 1. The molecule has 90 valence electrons. The molecule has 2 rings (SSSR count). The second kappa shape index (κ2) is 5.50. The van der Waals surface area contributed by atoms with Crippen LogP contribution in [-0.2, 0) is 6.54 Å². The van der Waals surface area contributed by atoms with Crippen molar-refractivity contribution < 1.29 is 9.63 Å². The van der Waals surface area contributed by atoms with Gasteiger partial charge in [0.05, 0.1) is 13.2 Å². The van der Waals surface area contributed by atoms with E-state index < -0.39 is 0 Å². The SMILES string of the molecule is Cc1cc(CN(CCO)c2ccccc2)no1. The Morgan fingerprint density at radius 2 is 2.06 bits per heavy atom. The van der Waals surface area contributed by atoms with Crippen molar-refractivity contribution in [1.29, 1.82) is 0 Å². The molecule has 1 aromatic carbocycles. The molecule has 0 atom stereocenters. The molecule has 0 spiro atoms. The van der Waals surface area contributed by atoms with Gasteiger partial charge in [-0.15, -0.1) is 0 Å². The largest absolute Gasteiger partial charge is 0.395 e. The smallest absolute Gasteiger partial charge is 0.133 e. The standard InChI is InChI=1S/C13H16N2O2/c1-11-9-12(14-17-11)10-15(7-8-16)13-5-3-2-4-6-13/h2-6,9,16H,7-8,10H2,1H3. The fraction of sp³-hybridized carbons (Fsp3) is 0.308. The third-order valence-electron chi connectivity index (χ3n) is 2.52. The molecule has 0 aliphatic carbocycles. The van der Waals surface area contributed by atoms with Crippen molar-refractivity contribution in [2.75, 3.05) is 18.1 Å². The Bertz CT molecular complexity index is 453. The minimum absolute atomic E-state index is 0.117. The number of hydrogen-bond donors (Lipinski definition) is 1. The van der Waals surface area contributed by atoms with Gasteiger partial charge in [0, 0.05) is 18.3 Å². The first kappa shape index (κ1) is 11.7. The second-order valence-corrected chi connectivity index (χ2v) is 3.91. The van der Waals surface area contributed by atoms with Gasteiger partial charge in [0.25, 0.3) is 0 Å². The van der Waals surface area contributed by atoms with Crippen molar-refractivity contribution in [3.05, 3.63) is 47.9 Å². The van der Waals surface area contributed by atoms with E-state index in [0.717, 1.165) is 17.1 Å². The third-order valence-corrected chi connectivity index (χ3v) is 2.52. The van der Waals surface area contributed by atoms with Crippen LogP contribution in [-0.4, -0.2) is 23.4 Å². The summed E-state index contributed by atoms with van der Waals surface area (Å²) in [6.07, 6.45) is 0. The topological polar surface area (TPSA) is 49.5 Å². The minimum atomic E-state index is 0.117. The van der Waals surface area contributed by atoms with Crippen molar-refractivity contribution in [2.45, 2.75) is 13.5 Å². The third kappa shape index (κ3) is 3.07. The summed E-state index contributed by atoms with van der Waals surface area (Å²) in [6.45, 7) is 3.21. The zero-order valence-corrected chi connectivity index (χ0v) is 9.84. The molecule has 0 radical (unpaired) electrons. The minimum Gasteiger partial charge on any atom is -0.395 e. The van der Waals surface area contributed by atoms with Gasteiger partial charge in [-0.2, -0.15) is 0 Å². The van der Waals surface area contributed by atoms with E-state index in [-0.39, 0.29) is 6.61 Å². The number of hydrogen-bond acceptors (Lipinski definition) is 4. The van der Waals surface area contributed by atoms with Crippen LogP contribution >= 0.6 is 0 Å². The van der Waals surface area contributed by atoms with Crippen LogP contribution in [0.1, 0.15) is 11.5 Å². The van der Waals surface area contributed by atoms with Gasteiger partial charge in [-0.1, -0.05) is 23.4 Å². The molecule has 0 aliphatic rings. The Labute approximate surface area is 100 Å². The van der Waals surface area contributed by atoms with E-state index in [2.05, 4.69) is 10.1 Å². The number of aliphatic hydroxyl groups excluding tert-OH is 1. The average Bonchev–Trinajstić information content (AvgIpc) is 2.75. The van der Waals surface area contributed by atoms with E-state index in [9.17, 15) is 0 Å². The monoisotopic (exact) mass is 232 g/mol. The first-order chi connectivity index (χ1) is 8.29. The van der Waals surface area contributed by atoms with Crippen LogP contribution in [0.15, 0.2) is 40.9 Å². The van der Waals surface area contributed by atoms with Crippen LogP contribution in [0.4, 0.5) is 5.69 Å². The van der Waals surface area contributed by atoms with Crippen molar-refractivity contribution in [3.8, 4) is 0 Å². The van der Waals surface area contributed by atoms with Crippen LogP contribution in [0.5, 0.6) is 0 Å². The highest BCUT2D eigenvalue weighted by Crippen LogP contribution is 2.16. The predicted octanol–water partition coefficient (Wildman–Crippen LogP) is 1.98. The number of aromatic nitrogens is 1. The van der Waals surface area contributed by atoms with E-state index in [1.165, 1.54) is 0 Å². The Morgan fingerprint density at radius 1 is 1.29 bits per heavy atom. The lowest BCUT2D eigenvalue weighted by Crippen LogP contribution is -2.26. The molecule has 1 aromatic heterocycles. The molecular weight excluding hydrogens is 216 g/mol. The average molecular weight is 232 g/mol. The molecule has 2 aromatic rings. The van der Waals surface area contributed by atoms with Crippen molar-refractivity contribution in [1.82, 2.24) is 5.16 Å². The van der Waals surface area contributed by atoms with Gasteiger partial charge in [0.2, 0.25) is 0 Å². The molecule has 0 unspecified atom stereocenters. The quantitative estimate of drug-likeness (QED) is 0.856. The Kier molecular flexibility index (Phi) is 3.77. The molecule has 4 nitrogen and oxygen atoms in total. The molecule has 17 heavy (non-hydrogen) atoms. The molecule has 0 aliphatic heterocycles. The molecule has 0 fully saturated rings. The predicted molar refractivity (Wildman–Crippen MR) is 65.8 cm³/mol. The molecule has 1 heterocycles. The maximum Gasteiger partial charge on any atom is 0.133 e. The fourth-order valence-corrected chi connectivity index (χ4v) is 1.75. The molecular formula is C13H16N2O2. The first-order valence-corrected chi connectivity index (χ1v) is 5.62. The lowest BCUT2D eigenvalue weighted by molar-refractivity contribution is 0.301. The Morgan fingerprint density at radius 3 is 2.65 bits per heavy atom. The number of anilines is 1.